The SMILES string of the molecule is C=Cc1c(C)c2cc3nc(c(CC(=O)OC)c4nc(cc5[nH]c(cc1[nH]2)c(C)c5CC)C(C)=C4C(=O)NCCOCCOC)C(CCC(=O)OC)C3C. The smallest absolute Gasteiger partial charge is 0.310 e. The maximum Gasteiger partial charge on any atom is 0.310 e. The molecule has 0 radical (unpaired) electrons. The van der Waals surface area contributed by atoms with Crippen molar-refractivity contribution in [3.8, 4) is 0 Å². The maximum absolute atomic E-state index is 14.2. The number of allylic oxidation sites excluding steroid dienone is 1. The number of aromatic nitrogens is 4. The first kappa shape index (κ1) is 39.1. The lowest BCUT2D eigenvalue weighted by Crippen LogP contribution is -2.29. The molecular formula is C41H51N5O7. The van der Waals surface area contributed by atoms with Gasteiger partial charge in [-0.05, 0) is 74.1 Å². The van der Waals surface area contributed by atoms with Crippen LogP contribution in [0.25, 0.3) is 39.3 Å². The van der Waals surface area contributed by atoms with Gasteiger partial charge in [-0.25, -0.2) is 4.98 Å². The average molecular weight is 726 g/mol. The van der Waals surface area contributed by atoms with Gasteiger partial charge in [0.2, 0.25) is 0 Å². The second kappa shape index (κ2) is 17.2. The van der Waals surface area contributed by atoms with E-state index >= 15 is 0 Å². The lowest BCUT2D eigenvalue weighted by Gasteiger charge is -2.18. The highest BCUT2D eigenvalue weighted by Crippen LogP contribution is 2.44. The number of esters is 2. The number of nitrogens with one attached hydrogen (secondary N) is 3. The highest BCUT2D eigenvalue weighted by atomic mass is 16.5. The van der Waals surface area contributed by atoms with Crippen molar-refractivity contribution in [2.24, 2.45) is 0 Å². The molecule has 8 bridgehead atoms. The summed E-state index contributed by atoms with van der Waals surface area (Å²) in [5.74, 6) is -1.68. The molecule has 0 aliphatic carbocycles. The largest absolute Gasteiger partial charge is 0.469 e. The number of carbonyl (C=O) groups excluding carboxylic acids is 3. The van der Waals surface area contributed by atoms with Crippen molar-refractivity contribution < 1.29 is 33.3 Å². The van der Waals surface area contributed by atoms with Crippen LogP contribution in [-0.4, -0.2) is 85.5 Å². The number of rotatable bonds is 14. The number of fused-ring (bicyclic) bond motifs is 8. The molecule has 0 aromatic carbocycles. The van der Waals surface area contributed by atoms with Crippen LogP contribution in [0.5, 0.6) is 0 Å². The van der Waals surface area contributed by atoms with E-state index in [2.05, 4.69) is 48.7 Å². The van der Waals surface area contributed by atoms with Crippen LogP contribution >= 0.6 is 0 Å². The van der Waals surface area contributed by atoms with Gasteiger partial charge in [0.25, 0.3) is 5.91 Å². The zero-order chi connectivity index (χ0) is 38.4. The van der Waals surface area contributed by atoms with Crippen molar-refractivity contribution in [2.45, 2.75) is 72.1 Å². The molecule has 2 atom stereocenters. The Morgan fingerprint density at radius 2 is 1.60 bits per heavy atom. The summed E-state index contributed by atoms with van der Waals surface area (Å²) in [5.41, 5.74) is 11.5. The molecule has 3 aromatic heterocycles. The van der Waals surface area contributed by atoms with Crippen molar-refractivity contribution in [1.82, 2.24) is 25.3 Å². The third-order valence-corrected chi connectivity index (χ3v) is 10.4. The zero-order valence-corrected chi connectivity index (χ0v) is 32.1. The number of hydrogen-bond donors (Lipinski definition) is 3. The van der Waals surface area contributed by atoms with Crippen molar-refractivity contribution in [3.63, 3.8) is 0 Å². The number of amides is 1. The molecule has 5 rings (SSSR count). The Bertz CT molecular complexity index is 2110. The van der Waals surface area contributed by atoms with Crippen LogP contribution in [0.1, 0.15) is 96.0 Å². The van der Waals surface area contributed by atoms with E-state index in [9.17, 15) is 14.4 Å². The summed E-state index contributed by atoms with van der Waals surface area (Å²) in [7, 11) is 4.29. The predicted molar refractivity (Wildman–Crippen MR) is 206 cm³/mol. The summed E-state index contributed by atoms with van der Waals surface area (Å²) in [5, 5.41) is 2.99. The zero-order valence-electron chi connectivity index (χ0n) is 32.1. The van der Waals surface area contributed by atoms with Gasteiger partial charge in [-0.15, -0.1) is 0 Å². The first-order valence-electron chi connectivity index (χ1n) is 18.1. The van der Waals surface area contributed by atoms with E-state index in [0.29, 0.717) is 53.4 Å². The molecule has 53 heavy (non-hydrogen) atoms. The Labute approximate surface area is 310 Å². The number of methoxy groups -OCH3 is 3. The van der Waals surface area contributed by atoms with E-state index in [1.165, 1.54) is 14.2 Å². The number of hydrogen-bond acceptors (Lipinski definition) is 9. The van der Waals surface area contributed by atoms with Crippen LogP contribution in [0.15, 0.2) is 24.8 Å². The second-order valence-electron chi connectivity index (χ2n) is 13.4. The standard InChI is InChI=1S/C41H51N5O7/c1-10-26-22(3)30-19-32-24(5)28(12-13-36(47)51-8)39(45-32)29(18-37(48)52-9)40-38(41(49)42-14-15-53-17-16-50-7)25(6)33(46-40)21-35-27(11-2)23(4)31(44-35)20-34(26)43-30/h10,19-21,24,28,43-44H,1,11-18H2,2-9H3,(H,42,49). The highest BCUT2D eigenvalue weighted by Gasteiger charge is 2.35. The van der Waals surface area contributed by atoms with Gasteiger partial charge in [-0.3, -0.25) is 19.4 Å². The Balaban J connectivity index is 1.89. The van der Waals surface area contributed by atoms with Crippen LogP contribution in [0.4, 0.5) is 0 Å². The lowest BCUT2D eigenvalue weighted by molar-refractivity contribution is -0.141. The van der Waals surface area contributed by atoms with Gasteiger partial charge in [0, 0.05) is 70.8 Å². The molecule has 0 spiro atoms. The monoisotopic (exact) mass is 725 g/mol. The number of H-pyrrole nitrogens is 2. The lowest BCUT2D eigenvalue weighted by atomic mass is 9.84. The third kappa shape index (κ3) is 8.13. The molecule has 1 amide bonds. The fourth-order valence-electron chi connectivity index (χ4n) is 7.27. The summed E-state index contributed by atoms with van der Waals surface area (Å²) in [6.07, 6.45) is 2.97. The molecule has 0 saturated carbocycles. The summed E-state index contributed by atoms with van der Waals surface area (Å²) in [6.45, 7) is 15.7. The number of ether oxygens (including phenoxy) is 4. The molecule has 2 unspecified atom stereocenters. The molecule has 3 aromatic rings. The van der Waals surface area contributed by atoms with E-state index in [0.717, 1.165) is 56.4 Å². The Morgan fingerprint density at radius 1 is 0.887 bits per heavy atom. The van der Waals surface area contributed by atoms with Crippen LogP contribution in [0.3, 0.4) is 0 Å². The molecule has 3 N–H and O–H groups in total. The van der Waals surface area contributed by atoms with Gasteiger partial charge in [0.15, 0.2) is 0 Å². The molecule has 2 aliphatic rings. The van der Waals surface area contributed by atoms with Crippen LogP contribution < -0.4 is 5.32 Å². The molecule has 0 fully saturated rings. The molecule has 12 heteroatoms. The average Bonchev–Trinajstić information content (AvgIpc) is 3.83. The van der Waals surface area contributed by atoms with Crippen LogP contribution in [-0.2, 0) is 46.2 Å². The summed E-state index contributed by atoms with van der Waals surface area (Å²) in [4.78, 5) is 57.4. The number of aryl methyl sites for hydroxylation is 3. The van der Waals surface area contributed by atoms with Gasteiger partial charge >= 0.3 is 11.9 Å². The van der Waals surface area contributed by atoms with E-state index in [4.69, 9.17) is 28.9 Å². The van der Waals surface area contributed by atoms with Gasteiger partial charge in [0.05, 0.1) is 63.1 Å². The molecule has 0 saturated heterocycles. The minimum absolute atomic E-state index is 0.140. The summed E-state index contributed by atoms with van der Waals surface area (Å²) in [6, 6.07) is 6.09. The van der Waals surface area contributed by atoms with E-state index < -0.39 is 5.97 Å². The third-order valence-electron chi connectivity index (χ3n) is 10.4. The Morgan fingerprint density at radius 3 is 2.28 bits per heavy atom. The molecule has 12 nitrogen and oxygen atoms in total. The van der Waals surface area contributed by atoms with Gasteiger partial charge in [-0.2, -0.15) is 0 Å². The van der Waals surface area contributed by atoms with E-state index in [-0.39, 0.29) is 49.7 Å². The number of nitrogens with zero attached hydrogens (tertiary/aromatic N) is 2. The Hall–Kier alpha value is -5.07. The van der Waals surface area contributed by atoms with Crippen LogP contribution in [0.2, 0.25) is 0 Å². The van der Waals surface area contributed by atoms with Gasteiger partial charge in [-0.1, -0.05) is 26.5 Å². The maximum atomic E-state index is 14.2. The summed E-state index contributed by atoms with van der Waals surface area (Å²) >= 11 is 0. The minimum Gasteiger partial charge on any atom is -0.469 e. The van der Waals surface area contributed by atoms with E-state index in [1.807, 2.05) is 32.1 Å². The van der Waals surface area contributed by atoms with Crippen molar-refractivity contribution in [3.05, 3.63) is 75.4 Å². The normalized spacial score (nSPS) is 15.4. The van der Waals surface area contributed by atoms with Crippen LogP contribution in [0, 0.1) is 13.8 Å². The highest BCUT2D eigenvalue weighted by molar-refractivity contribution is 6.27. The predicted octanol–water partition coefficient (Wildman–Crippen LogP) is 6.40. The molecular weight excluding hydrogens is 674 g/mol. The second-order valence-corrected chi connectivity index (χ2v) is 13.4. The fraction of sp³-hybridized carbons (Fsp3) is 0.439. The minimum atomic E-state index is -0.507. The number of carbonyl (C=O) groups is 3. The molecule has 2 aliphatic heterocycles. The first-order valence-corrected chi connectivity index (χ1v) is 18.1. The number of aromatic amines is 2. The quantitative estimate of drug-likeness (QED) is 0.126. The van der Waals surface area contributed by atoms with Crippen molar-refractivity contribution in [1.29, 1.82) is 0 Å². The Kier molecular flexibility index (Phi) is 12.7. The van der Waals surface area contributed by atoms with Gasteiger partial charge in [0.1, 0.15) is 0 Å². The summed E-state index contributed by atoms with van der Waals surface area (Å²) < 4.78 is 20.9. The van der Waals surface area contributed by atoms with E-state index in [1.54, 1.807) is 7.11 Å². The topological polar surface area (TPSA) is 158 Å². The van der Waals surface area contributed by atoms with Crippen molar-refractivity contribution >= 4 is 57.1 Å². The first-order chi connectivity index (χ1) is 25.5. The molecule has 282 valence electrons. The fourth-order valence-corrected chi connectivity index (χ4v) is 7.27. The molecule has 5 heterocycles. The van der Waals surface area contributed by atoms with Crippen molar-refractivity contribution in [2.75, 3.05) is 47.7 Å². The van der Waals surface area contributed by atoms with Gasteiger partial charge < -0.3 is 34.2 Å².